The Morgan fingerprint density at radius 3 is 2.32 bits per heavy atom. The van der Waals surface area contributed by atoms with Gasteiger partial charge in [0, 0.05) is 31.7 Å². The van der Waals surface area contributed by atoms with E-state index in [1.54, 1.807) is 6.92 Å². The monoisotopic (exact) mass is 556 g/mol. The second kappa shape index (κ2) is 12.3. The normalized spacial score (nSPS) is 12.3. The number of hydrogen-bond acceptors (Lipinski definition) is 4. The lowest BCUT2D eigenvalue weighted by Crippen LogP contribution is -2.52. The Bertz CT molecular complexity index is 1100. The molecule has 0 bridgehead atoms. The van der Waals surface area contributed by atoms with Gasteiger partial charge in [-0.25, -0.2) is 8.70 Å². The van der Waals surface area contributed by atoms with Crippen LogP contribution in [0.25, 0.3) is 0 Å². The zero-order valence-electron chi connectivity index (χ0n) is 19.7. The number of anilines is 1. The summed E-state index contributed by atoms with van der Waals surface area (Å²) in [6.07, 6.45) is 0.734. The molecule has 2 aromatic rings. The predicted molar refractivity (Wildman–Crippen MR) is 134 cm³/mol. The number of hydrogen-bond donors (Lipinski definition) is 1. The summed E-state index contributed by atoms with van der Waals surface area (Å²) in [5, 5.41) is 2.78. The summed E-state index contributed by atoms with van der Waals surface area (Å²) in [7, 11) is -1.40. The summed E-state index contributed by atoms with van der Waals surface area (Å²) in [6, 6.07) is 11.3. The van der Waals surface area contributed by atoms with E-state index in [-0.39, 0.29) is 18.1 Å². The molecule has 34 heavy (non-hydrogen) atoms. The van der Waals surface area contributed by atoms with E-state index in [9.17, 15) is 22.4 Å². The molecule has 0 fully saturated rings. The highest BCUT2D eigenvalue weighted by Crippen LogP contribution is 2.22. The molecule has 0 saturated heterocycles. The van der Waals surface area contributed by atoms with Gasteiger partial charge in [0.15, 0.2) is 0 Å². The lowest BCUT2D eigenvalue weighted by atomic mass is 10.1. The molecule has 0 aliphatic carbocycles. The maximum atomic E-state index is 13.5. The van der Waals surface area contributed by atoms with Crippen LogP contribution in [0.1, 0.15) is 25.8 Å². The van der Waals surface area contributed by atoms with Gasteiger partial charge in [-0.05, 0) is 55.3 Å². The molecule has 0 aliphatic rings. The SMILES string of the molecule is CCCNC(=O)[C@@H](C)N(Cc1cccc(Br)c1)C(=O)CN(c1ccc(F)cc1)S(=O)(=O)N(C)C. The first-order chi connectivity index (χ1) is 16.0. The van der Waals surface area contributed by atoms with Crippen molar-refractivity contribution in [1.29, 1.82) is 0 Å². The lowest BCUT2D eigenvalue weighted by molar-refractivity contribution is -0.139. The van der Waals surface area contributed by atoms with Crippen LogP contribution in [0.5, 0.6) is 0 Å². The van der Waals surface area contributed by atoms with E-state index >= 15 is 0 Å². The van der Waals surface area contributed by atoms with Gasteiger partial charge in [-0.1, -0.05) is 35.0 Å². The minimum Gasteiger partial charge on any atom is -0.354 e. The molecule has 0 saturated carbocycles. The Balaban J connectivity index is 2.43. The summed E-state index contributed by atoms with van der Waals surface area (Å²) in [6.45, 7) is 3.51. The summed E-state index contributed by atoms with van der Waals surface area (Å²) < 4.78 is 42.2. The lowest BCUT2D eigenvalue weighted by Gasteiger charge is -2.32. The number of rotatable bonds is 11. The standard InChI is InChI=1S/C23H30BrFN4O4S/c1-5-13-26-23(31)17(2)28(15-18-7-6-8-19(24)14-18)22(30)16-29(34(32,33)27(3)4)21-11-9-20(25)10-12-21/h6-12,14,17H,5,13,15-16H2,1-4H3,(H,26,31)/t17-/m1/s1. The van der Waals surface area contributed by atoms with Crippen molar-refractivity contribution < 1.29 is 22.4 Å². The van der Waals surface area contributed by atoms with Crippen molar-refractivity contribution in [3.8, 4) is 0 Å². The molecule has 0 radical (unpaired) electrons. The van der Waals surface area contributed by atoms with Gasteiger partial charge >= 0.3 is 10.2 Å². The maximum absolute atomic E-state index is 13.5. The smallest absolute Gasteiger partial charge is 0.304 e. The van der Waals surface area contributed by atoms with Crippen LogP contribution in [0, 0.1) is 5.82 Å². The molecule has 11 heteroatoms. The van der Waals surface area contributed by atoms with E-state index in [1.807, 2.05) is 31.2 Å². The van der Waals surface area contributed by atoms with E-state index in [0.29, 0.717) is 6.54 Å². The minimum absolute atomic E-state index is 0.0955. The highest BCUT2D eigenvalue weighted by atomic mass is 79.9. The third-order valence-corrected chi connectivity index (χ3v) is 7.40. The van der Waals surface area contributed by atoms with Crippen LogP contribution < -0.4 is 9.62 Å². The van der Waals surface area contributed by atoms with Crippen molar-refractivity contribution in [2.45, 2.75) is 32.9 Å². The first-order valence-corrected chi connectivity index (χ1v) is 12.9. The molecule has 0 aliphatic heterocycles. The number of nitrogens with one attached hydrogen (secondary N) is 1. The van der Waals surface area contributed by atoms with Crippen molar-refractivity contribution in [1.82, 2.24) is 14.5 Å². The number of benzene rings is 2. The van der Waals surface area contributed by atoms with Crippen LogP contribution >= 0.6 is 15.9 Å². The Morgan fingerprint density at radius 1 is 1.12 bits per heavy atom. The molecule has 2 amide bonds. The molecular formula is C23H30BrFN4O4S. The van der Waals surface area contributed by atoms with Gasteiger partial charge in [-0.3, -0.25) is 9.59 Å². The fourth-order valence-corrected chi connectivity index (χ4v) is 4.64. The molecule has 1 N–H and O–H groups in total. The van der Waals surface area contributed by atoms with Crippen molar-refractivity contribution in [2.75, 3.05) is 31.5 Å². The fourth-order valence-electron chi connectivity index (χ4n) is 3.13. The third kappa shape index (κ3) is 7.25. The second-order valence-corrected chi connectivity index (χ2v) is 10.9. The van der Waals surface area contributed by atoms with Gasteiger partial charge < -0.3 is 10.2 Å². The Morgan fingerprint density at radius 2 is 1.76 bits per heavy atom. The van der Waals surface area contributed by atoms with Crippen molar-refractivity contribution in [2.24, 2.45) is 0 Å². The fraction of sp³-hybridized carbons (Fsp3) is 0.391. The Hall–Kier alpha value is -2.50. The van der Waals surface area contributed by atoms with E-state index in [4.69, 9.17) is 0 Å². The minimum atomic E-state index is -4.08. The van der Waals surface area contributed by atoms with E-state index in [0.717, 1.165) is 37.2 Å². The van der Waals surface area contributed by atoms with E-state index in [2.05, 4.69) is 21.2 Å². The van der Waals surface area contributed by atoms with Gasteiger partial charge in [0.1, 0.15) is 18.4 Å². The van der Waals surface area contributed by atoms with Crippen LogP contribution in [-0.2, 0) is 26.3 Å². The largest absolute Gasteiger partial charge is 0.354 e. The number of halogens is 2. The molecule has 0 aromatic heterocycles. The van der Waals surface area contributed by atoms with E-state index in [1.165, 1.54) is 31.1 Å². The van der Waals surface area contributed by atoms with Gasteiger partial charge in [0.05, 0.1) is 5.69 Å². The first-order valence-electron chi connectivity index (χ1n) is 10.7. The van der Waals surface area contributed by atoms with Crippen LogP contribution in [0.4, 0.5) is 10.1 Å². The molecule has 0 heterocycles. The second-order valence-electron chi connectivity index (χ2n) is 7.89. The molecule has 8 nitrogen and oxygen atoms in total. The number of carbonyl (C=O) groups excluding carboxylic acids is 2. The van der Waals surface area contributed by atoms with Gasteiger partial charge in [-0.2, -0.15) is 12.7 Å². The first kappa shape index (κ1) is 27.7. The topological polar surface area (TPSA) is 90.0 Å². The Kier molecular flexibility index (Phi) is 10.0. The van der Waals surface area contributed by atoms with Crippen LogP contribution in [0.3, 0.4) is 0 Å². The third-order valence-electron chi connectivity index (χ3n) is 5.09. The highest BCUT2D eigenvalue weighted by Gasteiger charge is 2.32. The molecule has 1 atom stereocenters. The van der Waals surface area contributed by atoms with Gasteiger partial charge in [0.2, 0.25) is 11.8 Å². The quantitative estimate of drug-likeness (QED) is 0.460. The zero-order valence-corrected chi connectivity index (χ0v) is 22.1. The zero-order chi connectivity index (χ0) is 25.5. The van der Waals surface area contributed by atoms with Crippen LogP contribution in [-0.4, -0.2) is 62.7 Å². The van der Waals surface area contributed by atoms with Crippen LogP contribution in [0.15, 0.2) is 53.0 Å². The molecule has 0 spiro atoms. The average Bonchev–Trinajstić information content (AvgIpc) is 2.79. The number of carbonyl (C=O) groups is 2. The summed E-state index contributed by atoms with van der Waals surface area (Å²) in [5.74, 6) is -1.45. The van der Waals surface area contributed by atoms with Crippen molar-refractivity contribution in [3.05, 3.63) is 64.4 Å². The van der Waals surface area contributed by atoms with Crippen molar-refractivity contribution in [3.63, 3.8) is 0 Å². The molecule has 0 unspecified atom stereocenters. The van der Waals surface area contributed by atoms with Crippen molar-refractivity contribution >= 4 is 43.6 Å². The van der Waals surface area contributed by atoms with Crippen LogP contribution in [0.2, 0.25) is 0 Å². The molecular weight excluding hydrogens is 527 g/mol. The summed E-state index contributed by atoms with van der Waals surface area (Å²) in [5.41, 5.74) is 0.899. The summed E-state index contributed by atoms with van der Waals surface area (Å²) >= 11 is 3.40. The maximum Gasteiger partial charge on any atom is 0.304 e. The number of amides is 2. The Labute approximate surface area is 209 Å². The number of nitrogens with zero attached hydrogens (tertiary/aromatic N) is 3. The molecule has 2 rings (SSSR count). The highest BCUT2D eigenvalue weighted by molar-refractivity contribution is 9.10. The molecule has 2 aromatic carbocycles. The van der Waals surface area contributed by atoms with E-state index < -0.39 is 34.5 Å². The predicted octanol–water partition coefficient (Wildman–Crippen LogP) is 3.14. The van der Waals surface area contributed by atoms with Gasteiger partial charge in [-0.15, -0.1) is 0 Å². The summed E-state index contributed by atoms with van der Waals surface area (Å²) in [4.78, 5) is 27.6. The molecule has 186 valence electrons. The van der Waals surface area contributed by atoms with Gasteiger partial charge in [0.25, 0.3) is 0 Å². The average molecular weight is 557 g/mol.